The van der Waals surface area contributed by atoms with E-state index in [2.05, 4.69) is 5.32 Å². The molecule has 0 saturated heterocycles. The van der Waals surface area contributed by atoms with Crippen LogP contribution in [0.4, 0.5) is 0 Å². The molecule has 0 aliphatic heterocycles. The fourth-order valence-corrected chi connectivity index (χ4v) is 0.984. The first-order valence-electron chi connectivity index (χ1n) is 4.19. The third-order valence-electron chi connectivity index (χ3n) is 1.77. The summed E-state index contributed by atoms with van der Waals surface area (Å²) in [5.74, 6) is 0.930. The van der Waals surface area contributed by atoms with Gasteiger partial charge in [0.05, 0.1) is 12.8 Å². The van der Waals surface area contributed by atoms with Crippen molar-refractivity contribution in [1.29, 1.82) is 0 Å². The zero-order valence-corrected chi connectivity index (χ0v) is 7.29. The molecule has 0 bridgehead atoms. The molecular weight excluding hydrogens is 154 g/mol. The van der Waals surface area contributed by atoms with Crippen LogP contribution in [0.5, 0.6) is 0 Å². The van der Waals surface area contributed by atoms with Gasteiger partial charge < -0.3 is 14.8 Å². The minimum absolute atomic E-state index is 0.228. The smallest absolute Gasteiger partial charge is 0.117 e. The molecule has 0 spiro atoms. The zero-order chi connectivity index (χ0) is 8.81. The Morgan fingerprint density at radius 3 is 3.08 bits per heavy atom. The molecule has 1 rings (SSSR count). The highest BCUT2D eigenvalue weighted by Gasteiger charge is 2.00. The molecule has 0 aromatic carbocycles. The molecule has 3 nitrogen and oxygen atoms in total. The first kappa shape index (κ1) is 9.29. The van der Waals surface area contributed by atoms with E-state index >= 15 is 0 Å². The molecule has 0 fully saturated rings. The summed E-state index contributed by atoms with van der Waals surface area (Å²) in [6.45, 7) is 3.00. The first-order valence-corrected chi connectivity index (χ1v) is 4.19. The fraction of sp³-hybridized carbons (Fsp3) is 0.556. The molecule has 0 amide bonds. The van der Waals surface area contributed by atoms with Crippen LogP contribution in [-0.4, -0.2) is 17.8 Å². The van der Waals surface area contributed by atoms with Crippen LogP contribution >= 0.6 is 0 Å². The number of hydrogen-bond acceptors (Lipinski definition) is 3. The quantitative estimate of drug-likeness (QED) is 0.694. The number of furan rings is 1. The summed E-state index contributed by atoms with van der Waals surface area (Å²) in [6, 6.07) is 4.13. The predicted octanol–water partition coefficient (Wildman–Crippen LogP) is 1.14. The zero-order valence-electron chi connectivity index (χ0n) is 7.29. The molecule has 1 atom stereocenters. The van der Waals surface area contributed by atoms with Crippen LogP contribution < -0.4 is 5.32 Å². The van der Waals surface area contributed by atoms with Crippen LogP contribution in [0.25, 0.3) is 0 Å². The second-order valence-corrected chi connectivity index (χ2v) is 2.87. The van der Waals surface area contributed by atoms with Gasteiger partial charge in [0.25, 0.3) is 0 Å². The van der Waals surface area contributed by atoms with Gasteiger partial charge in [-0.15, -0.1) is 0 Å². The summed E-state index contributed by atoms with van der Waals surface area (Å²) in [5.41, 5.74) is 0. The van der Waals surface area contributed by atoms with Gasteiger partial charge in [0.15, 0.2) is 0 Å². The van der Waals surface area contributed by atoms with Gasteiger partial charge in [-0.2, -0.15) is 0 Å². The van der Waals surface area contributed by atoms with E-state index in [9.17, 15) is 0 Å². The highest BCUT2D eigenvalue weighted by molar-refractivity contribution is 4.97. The van der Waals surface area contributed by atoms with Crippen LogP contribution in [-0.2, 0) is 6.54 Å². The summed E-state index contributed by atoms with van der Waals surface area (Å²) in [6.07, 6.45) is 2.44. The normalized spacial score (nSPS) is 13.2. The second-order valence-electron chi connectivity index (χ2n) is 2.87. The fourth-order valence-electron chi connectivity index (χ4n) is 0.984. The van der Waals surface area contributed by atoms with Crippen molar-refractivity contribution in [3.05, 3.63) is 24.2 Å². The van der Waals surface area contributed by atoms with Crippen LogP contribution in [0.3, 0.4) is 0 Å². The Morgan fingerprint density at radius 1 is 1.67 bits per heavy atom. The van der Waals surface area contributed by atoms with Crippen molar-refractivity contribution < 1.29 is 9.52 Å². The van der Waals surface area contributed by atoms with E-state index < -0.39 is 0 Å². The van der Waals surface area contributed by atoms with Gasteiger partial charge in [0.2, 0.25) is 0 Å². The van der Waals surface area contributed by atoms with Crippen molar-refractivity contribution in [2.75, 3.05) is 6.61 Å². The Hall–Kier alpha value is -0.800. The van der Waals surface area contributed by atoms with E-state index in [-0.39, 0.29) is 6.61 Å². The Bertz CT molecular complexity index is 196. The standard InChI is InChI=1S/C9H15NO2/c1-8(4-5-11)10-7-9-3-2-6-12-9/h2-3,6,8,10-11H,4-5,7H2,1H3. The summed E-state index contributed by atoms with van der Waals surface area (Å²) in [7, 11) is 0. The molecule has 2 N–H and O–H groups in total. The van der Waals surface area contributed by atoms with E-state index in [1.54, 1.807) is 6.26 Å². The van der Waals surface area contributed by atoms with E-state index in [1.807, 2.05) is 19.1 Å². The molecule has 1 aromatic heterocycles. The van der Waals surface area contributed by atoms with Crippen molar-refractivity contribution in [2.45, 2.75) is 25.9 Å². The predicted molar refractivity (Wildman–Crippen MR) is 46.7 cm³/mol. The number of aliphatic hydroxyl groups excluding tert-OH is 1. The maximum atomic E-state index is 8.63. The summed E-state index contributed by atoms with van der Waals surface area (Å²) >= 11 is 0. The number of nitrogens with one attached hydrogen (secondary N) is 1. The molecule has 1 unspecified atom stereocenters. The molecule has 68 valence electrons. The van der Waals surface area contributed by atoms with Gasteiger partial charge in [-0.25, -0.2) is 0 Å². The topological polar surface area (TPSA) is 45.4 Å². The molecule has 0 saturated carbocycles. The van der Waals surface area contributed by atoms with Gasteiger partial charge in [-0.05, 0) is 25.5 Å². The molecule has 12 heavy (non-hydrogen) atoms. The van der Waals surface area contributed by atoms with Crippen LogP contribution in [0.1, 0.15) is 19.1 Å². The lowest BCUT2D eigenvalue weighted by Gasteiger charge is -2.10. The van der Waals surface area contributed by atoms with Crippen molar-refractivity contribution in [2.24, 2.45) is 0 Å². The average molecular weight is 169 g/mol. The molecular formula is C9H15NO2. The lowest BCUT2D eigenvalue weighted by atomic mass is 10.2. The Balaban J connectivity index is 2.17. The SMILES string of the molecule is CC(CCO)NCc1ccco1. The van der Waals surface area contributed by atoms with Gasteiger partial charge >= 0.3 is 0 Å². The first-order chi connectivity index (χ1) is 5.83. The maximum Gasteiger partial charge on any atom is 0.117 e. The van der Waals surface area contributed by atoms with E-state index in [1.165, 1.54) is 0 Å². The Labute approximate surface area is 72.4 Å². The monoisotopic (exact) mass is 169 g/mol. The Kier molecular flexibility index (Phi) is 3.84. The summed E-state index contributed by atoms with van der Waals surface area (Å²) in [4.78, 5) is 0. The average Bonchev–Trinajstić information content (AvgIpc) is 2.53. The summed E-state index contributed by atoms with van der Waals surface area (Å²) in [5, 5.41) is 11.9. The lowest BCUT2D eigenvalue weighted by Crippen LogP contribution is -2.26. The highest BCUT2D eigenvalue weighted by atomic mass is 16.3. The third kappa shape index (κ3) is 3.07. The number of hydrogen-bond donors (Lipinski definition) is 2. The number of rotatable bonds is 5. The van der Waals surface area contributed by atoms with Crippen molar-refractivity contribution in [1.82, 2.24) is 5.32 Å². The molecule has 1 aromatic rings. The lowest BCUT2D eigenvalue weighted by molar-refractivity contribution is 0.267. The minimum atomic E-state index is 0.228. The van der Waals surface area contributed by atoms with Crippen LogP contribution in [0.15, 0.2) is 22.8 Å². The van der Waals surface area contributed by atoms with E-state index in [4.69, 9.17) is 9.52 Å². The van der Waals surface area contributed by atoms with Crippen molar-refractivity contribution >= 4 is 0 Å². The van der Waals surface area contributed by atoms with Gasteiger partial charge in [0, 0.05) is 12.6 Å². The summed E-state index contributed by atoms with van der Waals surface area (Å²) < 4.78 is 5.14. The largest absolute Gasteiger partial charge is 0.468 e. The molecule has 3 heteroatoms. The van der Waals surface area contributed by atoms with E-state index in [0.29, 0.717) is 6.04 Å². The van der Waals surface area contributed by atoms with E-state index in [0.717, 1.165) is 18.7 Å². The maximum absolute atomic E-state index is 8.63. The molecule has 1 heterocycles. The number of aliphatic hydroxyl groups is 1. The van der Waals surface area contributed by atoms with Crippen molar-refractivity contribution in [3.8, 4) is 0 Å². The minimum Gasteiger partial charge on any atom is -0.468 e. The van der Waals surface area contributed by atoms with Crippen LogP contribution in [0.2, 0.25) is 0 Å². The second kappa shape index (κ2) is 4.95. The Morgan fingerprint density at radius 2 is 2.50 bits per heavy atom. The highest BCUT2D eigenvalue weighted by Crippen LogP contribution is 2.00. The van der Waals surface area contributed by atoms with Crippen LogP contribution in [0, 0.1) is 0 Å². The van der Waals surface area contributed by atoms with Gasteiger partial charge in [-0.3, -0.25) is 0 Å². The van der Waals surface area contributed by atoms with Gasteiger partial charge in [0.1, 0.15) is 5.76 Å². The molecule has 0 aliphatic rings. The van der Waals surface area contributed by atoms with Crippen molar-refractivity contribution in [3.63, 3.8) is 0 Å². The molecule has 0 radical (unpaired) electrons. The third-order valence-corrected chi connectivity index (χ3v) is 1.77. The molecule has 0 aliphatic carbocycles. The van der Waals surface area contributed by atoms with Gasteiger partial charge in [-0.1, -0.05) is 0 Å².